The Labute approximate surface area is 106 Å². The van der Waals surface area contributed by atoms with Crippen LogP contribution < -0.4 is 11.3 Å². The standard InChI is InChI=1S/C13H17N3S/c1-8(2)10-4-6-11(7-5-10)12-9(3)15-13(16-14)17-12/h4-8H,14H2,1-3H3,(H,15,16). The summed E-state index contributed by atoms with van der Waals surface area (Å²) < 4.78 is 0. The molecule has 1 aromatic carbocycles. The lowest BCUT2D eigenvalue weighted by atomic mass is 10.0. The van der Waals surface area contributed by atoms with Crippen LogP contribution in [0.5, 0.6) is 0 Å². The summed E-state index contributed by atoms with van der Waals surface area (Å²) in [7, 11) is 0. The van der Waals surface area contributed by atoms with E-state index in [1.807, 2.05) is 6.92 Å². The minimum absolute atomic E-state index is 0.563. The van der Waals surface area contributed by atoms with E-state index >= 15 is 0 Å². The van der Waals surface area contributed by atoms with E-state index < -0.39 is 0 Å². The molecule has 4 heteroatoms. The van der Waals surface area contributed by atoms with E-state index in [2.05, 4.69) is 48.5 Å². The molecule has 0 aliphatic rings. The Balaban J connectivity index is 2.36. The van der Waals surface area contributed by atoms with Gasteiger partial charge in [0, 0.05) is 0 Å². The van der Waals surface area contributed by atoms with Gasteiger partial charge in [-0.3, -0.25) is 5.43 Å². The highest BCUT2D eigenvalue weighted by Gasteiger charge is 2.09. The molecule has 0 radical (unpaired) electrons. The number of nitrogens with one attached hydrogen (secondary N) is 1. The van der Waals surface area contributed by atoms with Gasteiger partial charge in [-0.1, -0.05) is 49.4 Å². The first kappa shape index (κ1) is 12.1. The van der Waals surface area contributed by atoms with Crippen LogP contribution in [0.3, 0.4) is 0 Å². The monoisotopic (exact) mass is 247 g/mol. The molecule has 0 fully saturated rings. The molecule has 17 heavy (non-hydrogen) atoms. The average molecular weight is 247 g/mol. The number of nitrogens with zero attached hydrogens (tertiary/aromatic N) is 1. The number of anilines is 1. The lowest BCUT2D eigenvalue weighted by molar-refractivity contribution is 0.867. The maximum Gasteiger partial charge on any atom is 0.197 e. The van der Waals surface area contributed by atoms with Crippen molar-refractivity contribution in [3.8, 4) is 10.4 Å². The second kappa shape index (κ2) is 4.85. The molecule has 3 N–H and O–H groups in total. The van der Waals surface area contributed by atoms with Crippen LogP contribution in [0.15, 0.2) is 24.3 Å². The number of nitrogen functional groups attached to an aromatic ring is 1. The fourth-order valence-corrected chi connectivity index (χ4v) is 2.63. The molecule has 0 atom stereocenters. The van der Waals surface area contributed by atoms with E-state index in [-0.39, 0.29) is 0 Å². The van der Waals surface area contributed by atoms with Crippen LogP contribution in [0, 0.1) is 6.92 Å². The zero-order valence-electron chi connectivity index (χ0n) is 10.3. The topological polar surface area (TPSA) is 50.9 Å². The molecule has 0 aliphatic heterocycles. The molecule has 3 nitrogen and oxygen atoms in total. The van der Waals surface area contributed by atoms with E-state index in [4.69, 9.17) is 5.84 Å². The molecule has 0 spiro atoms. The Morgan fingerprint density at radius 2 is 1.88 bits per heavy atom. The van der Waals surface area contributed by atoms with E-state index in [0.29, 0.717) is 5.92 Å². The SMILES string of the molecule is Cc1nc(NN)sc1-c1ccc(C(C)C)cc1. The van der Waals surface area contributed by atoms with Crippen LogP contribution >= 0.6 is 11.3 Å². The van der Waals surface area contributed by atoms with E-state index in [9.17, 15) is 0 Å². The highest BCUT2D eigenvalue weighted by Crippen LogP contribution is 2.32. The first-order valence-corrected chi connectivity index (χ1v) is 6.48. The molecular formula is C13H17N3S. The smallest absolute Gasteiger partial charge is 0.197 e. The lowest BCUT2D eigenvalue weighted by Crippen LogP contribution is -2.05. The summed E-state index contributed by atoms with van der Waals surface area (Å²) in [6.07, 6.45) is 0. The van der Waals surface area contributed by atoms with Gasteiger partial charge in [0.2, 0.25) is 0 Å². The molecule has 0 amide bonds. The number of hydrogen-bond donors (Lipinski definition) is 2. The number of hydrazine groups is 1. The molecular weight excluding hydrogens is 230 g/mol. The molecule has 0 saturated heterocycles. The summed E-state index contributed by atoms with van der Waals surface area (Å²) in [6.45, 7) is 6.40. The van der Waals surface area contributed by atoms with Gasteiger partial charge in [-0.25, -0.2) is 10.8 Å². The van der Waals surface area contributed by atoms with Gasteiger partial charge >= 0.3 is 0 Å². The quantitative estimate of drug-likeness (QED) is 0.644. The third kappa shape index (κ3) is 2.48. The summed E-state index contributed by atoms with van der Waals surface area (Å²) in [5, 5.41) is 0.755. The Morgan fingerprint density at radius 3 is 2.35 bits per heavy atom. The fraction of sp³-hybridized carbons (Fsp3) is 0.308. The van der Waals surface area contributed by atoms with Crippen molar-refractivity contribution >= 4 is 16.5 Å². The van der Waals surface area contributed by atoms with Crippen molar-refractivity contribution in [1.29, 1.82) is 0 Å². The lowest BCUT2D eigenvalue weighted by Gasteiger charge is -2.06. The van der Waals surface area contributed by atoms with Crippen molar-refractivity contribution in [3.05, 3.63) is 35.5 Å². The molecule has 0 bridgehead atoms. The van der Waals surface area contributed by atoms with Gasteiger partial charge in [-0.2, -0.15) is 0 Å². The summed E-state index contributed by atoms with van der Waals surface area (Å²) in [5.74, 6) is 5.93. The minimum atomic E-state index is 0.563. The Bertz CT molecular complexity index is 500. The minimum Gasteiger partial charge on any atom is -0.300 e. The Hall–Kier alpha value is -1.39. The van der Waals surface area contributed by atoms with Gasteiger partial charge < -0.3 is 0 Å². The van der Waals surface area contributed by atoms with Crippen LogP contribution in [0.4, 0.5) is 5.13 Å². The molecule has 1 aromatic heterocycles. The maximum atomic E-state index is 5.37. The number of thiazole rings is 1. The van der Waals surface area contributed by atoms with E-state index in [1.54, 1.807) is 11.3 Å². The molecule has 0 aliphatic carbocycles. The van der Waals surface area contributed by atoms with Gasteiger partial charge in [-0.05, 0) is 24.0 Å². The highest BCUT2D eigenvalue weighted by molar-refractivity contribution is 7.19. The van der Waals surface area contributed by atoms with Gasteiger partial charge in [0.15, 0.2) is 5.13 Å². The van der Waals surface area contributed by atoms with E-state index in [1.165, 1.54) is 16.0 Å². The number of benzene rings is 1. The number of hydrogen-bond acceptors (Lipinski definition) is 4. The Morgan fingerprint density at radius 1 is 1.24 bits per heavy atom. The number of aryl methyl sites for hydroxylation is 1. The van der Waals surface area contributed by atoms with Gasteiger partial charge in [-0.15, -0.1) is 0 Å². The van der Waals surface area contributed by atoms with Crippen LogP contribution in [0.25, 0.3) is 10.4 Å². The van der Waals surface area contributed by atoms with Crippen molar-refractivity contribution in [1.82, 2.24) is 4.98 Å². The van der Waals surface area contributed by atoms with Crippen LogP contribution in [-0.4, -0.2) is 4.98 Å². The molecule has 2 rings (SSSR count). The summed E-state index contributed by atoms with van der Waals surface area (Å²) in [6, 6.07) is 8.65. The van der Waals surface area contributed by atoms with Crippen LogP contribution in [0.1, 0.15) is 31.0 Å². The molecule has 0 unspecified atom stereocenters. The van der Waals surface area contributed by atoms with Gasteiger partial charge in [0.25, 0.3) is 0 Å². The predicted octanol–water partition coefficient (Wildman–Crippen LogP) is 3.53. The largest absolute Gasteiger partial charge is 0.300 e. The highest BCUT2D eigenvalue weighted by atomic mass is 32.1. The first-order valence-electron chi connectivity index (χ1n) is 5.66. The Kier molecular flexibility index (Phi) is 3.45. The zero-order chi connectivity index (χ0) is 12.4. The second-order valence-corrected chi connectivity index (χ2v) is 5.35. The molecule has 0 saturated carbocycles. The third-order valence-electron chi connectivity index (χ3n) is 2.76. The van der Waals surface area contributed by atoms with Gasteiger partial charge in [0.05, 0.1) is 10.6 Å². The maximum absolute atomic E-state index is 5.37. The van der Waals surface area contributed by atoms with Gasteiger partial charge in [0.1, 0.15) is 0 Å². The van der Waals surface area contributed by atoms with Crippen molar-refractivity contribution in [2.24, 2.45) is 5.84 Å². The zero-order valence-corrected chi connectivity index (χ0v) is 11.1. The number of nitrogens with two attached hydrogens (primary N) is 1. The van der Waals surface area contributed by atoms with Crippen LogP contribution in [-0.2, 0) is 0 Å². The summed E-state index contributed by atoms with van der Waals surface area (Å²) in [5.41, 5.74) is 6.16. The average Bonchev–Trinajstić information content (AvgIpc) is 2.71. The summed E-state index contributed by atoms with van der Waals surface area (Å²) >= 11 is 1.58. The third-order valence-corrected chi connectivity index (χ3v) is 3.90. The first-order chi connectivity index (χ1) is 8.11. The summed E-state index contributed by atoms with van der Waals surface area (Å²) in [4.78, 5) is 5.52. The van der Waals surface area contributed by atoms with E-state index in [0.717, 1.165) is 10.8 Å². The van der Waals surface area contributed by atoms with Crippen molar-refractivity contribution in [3.63, 3.8) is 0 Å². The van der Waals surface area contributed by atoms with Crippen molar-refractivity contribution < 1.29 is 0 Å². The number of rotatable bonds is 3. The predicted molar refractivity (Wildman–Crippen MR) is 74.2 cm³/mol. The molecule has 90 valence electrons. The number of aromatic nitrogens is 1. The van der Waals surface area contributed by atoms with Crippen molar-refractivity contribution in [2.45, 2.75) is 26.7 Å². The normalized spacial score (nSPS) is 10.9. The molecule has 2 aromatic rings. The molecule has 1 heterocycles. The second-order valence-electron chi connectivity index (χ2n) is 4.35. The fourth-order valence-electron chi connectivity index (χ4n) is 1.75. The van der Waals surface area contributed by atoms with Crippen LogP contribution in [0.2, 0.25) is 0 Å². The van der Waals surface area contributed by atoms with Crippen molar-refractivity contribution in [2.75, 3.05) is 5.43 Å².